The van der Waals surface area contributed by atoms with Crippen LogP contribution < -0.4 is 15.1 Å². The van der Waals surface area contributed by atoms with Crippen LogP contribution in [-0.2, 0) is 0 Å². The lowest BCUT2D eigenvalue weighted by atomic mass is 9.98. The minimum absolute atomic E-state index is 0.0582. The summed E-state index contributed by atoms with van der Waals surface area (Å²) in [5, 5.41) is 2.27. The average Bonchev–Trinajstić information content (AvgIpc) is 3.35. The van der Waals surface area contributed by atoms with Crippen molar-refractivity contribution in [3.63, 3.8) is 0 Å². The maximum Gasteiger partial charge on any atom is 0.297 e. The zero-order valence-corrected chi connectivity index (χ0v) is 15.9. The van der Waals surface area contributed by atoms with Crippen molar-refractivity contribution in [2.45, 2.75) is 6.04 Å². The Balaban J connectivity index is 1.83. The number of nitrogens with zero attached hydrogens (tertiary/aromatic N) is 2. The number of thiazole rings is 1. The molecule has 2 aromatic carbocycles. The molecule has 0 radical (unpaired) electrons. The average molecular weight is 408 g/mol. The normalized spacial score (nSPS) is 15.7. The molecule has 144 valence electrons. The van der Waals surface area contributed by atoms with Gasteiger partial charge in [0, 0.05) is 11.6 Å². The molecule has 8 heteroatoms. The van der Waals surface area contributed by atoms with Gasteiger partial charge in [-0.15, -0.1) is 11.3 Å². The highest BCUT2D eigenvalue weighted by molar-refractivity contribution is 7.13. The summed E-state index contributed by atoms with van der Waals surface area (Å²) in [6, 6.07) is 10.0. The van der Waals surface area contributed by atoms with Crippen LogP contribution in [0, 0.1) is 5.82 Å². The molecule has 5 rings (SSSR count). The molecule has 0 saturated heterocycles. The number of carbonyl (C=O) groups excluding carboxylic acids is 1. The first-order valence-corrected chi connectivity index (χ1v) is 9.59. The first-order chi connectivity index (χ1) is 14.1. The molecular formula is C21H13FN2O4S. The fourth-order valence-corrected chi connectivity index (χ4v) is 4.27. The van der Waals surface area contributed by atoms with Crippen molar-refractivity contribution in [3.8, 4) is 5.75 Å². The topological polar surface area (TPSA) is 72.6 Å². The molecule has 0 spiro atoms. The number of hydrogen-bond donors (Lipinski definition) is 0. The van der Waals surface area contributed by atoms with Gasteiger partial charge in [0.05, 0.1) is 24.1 Å². The van der Waals surface area contributed by atoms with Crippen LogP contribution in [0.15, 0.2) is 63.3 Å². The molecule has 0 saturated carbocycles. The van der Waals surface area contributed by atoms with Gasteiger partial charge in [-0.25, -0.2) is 9.37 Å². The standard InChI is InChI=1S/C21H13FN2O4S/c1-27-13-4-2-3-11(9-13)17-16-18(25)14-10-12(22)5-6-15(14)28-19(16)20(26)24(17)21-23-7-8-29-21/h2-10,17H,1H3/t17-/m0/s1. The summed E-state index contributed by atoms with van der Waals surface area (Å²) in [4.78, 5) is 32.3. The van der Waals surface area contributed by atoms with Crippen molar-refractivity contribution < 1.29 is 18.3 Å². The summed E-state index contributed by atoms with van der Waals surface area (Å²) in [7, 11) is 1.54. The van der Waals surface area contributed by atoms with E-state index in [-0.39, 0.29) is 22.3 Å². The zero-order chi connectivity index (χ0) is 20.1. The van der Waals surface area contributed by atoms with Crippen LogP contribution in [0.4, 0.5) is 9.52 Å². The second-order valence-electron chi connectivity index (χ2n) is 6.48. The Bertz CT molecular complexity index is 1320. The molecule has 29 heavy (non-hydrogen) atoms. The second kappa shape index (κ2) is 6.52. The molecule has 0 unspecified atom stereocenters. The molecule has 0 bridgehead atoms. The highest BCUT2D eigenvalue weighted by Crippen LogP contribution is 2.42. The molecule has 6 nitrogen and oxygen atoms in total. The molecule has 0 N–H and O–H groups in total. The quantitative estimate of drug-likeness (QED) is 0.509. The third-order valence-electron chi connectivity index (χ3n) is 4.87. The number of amides is 1. The minimum atomic E-state index is -0.761. The fourth-order valence-electron chi connectivity index (χ4n) is 3.60. The van der Waals surface area contributed by atoms with Crippen LogP contribution in [0.1, 0.15) is 27.7 Å². The highest BCUT2D eigenvalue weighted by Gasteiger charge is 2.44. The van der Waals surface area contributed by atoms with Gasteiger partial charge in [-0.2, -0.15) is 0 Å². The van der Waals surface area contributed by atoms with Gasteiger partial charge in [0.15, 0.2) is 10.6 Å². The lowest BCUT2D eigenvalue weighted by Gasteiger charge is -2.22. The molecule has 1 amide bonds. The van der Waals surface area contributed by atoms with Crippen molar-refractivity contribution >= 4 is 33.3 Å². The molecule has 1 aliphatic rings. The molecular weight excluding hydrogens is 395 g/mol. The summed E-state index contributed by atoms with van der Waals surface area (Å²) >= 11 is 1.27. The first-order valence-electron chi connectivity index (χ1n) is 8.71. The highest BCUT2D eigenvalue weighted by atomic mass is 32.1. The number of hydrogen-bond acceptors (Lipinski definition) is 6. The van der Waals surface area contributed by atoms with Gasteiger partial charge >= 0.3 is 0 Å². The van der Waals surface area contributed by atoms with Gasteiger partial charge < -0.3 is 9.15 Å². The van der Waals surface area contributed by atoms with E-state index in [0.717, 1.165) is 6.07 Å². The van der Waals surface area contributed by atoms with Gasteiger partial charge in [0.2, 0.25) is 5.76 Å². The van der Waals surface area contributed by atoms with Crippen LogP contribution in [0.3, 0.4) is 0 Å². The van der Waals surface area contributed by atoms with Crippen molar-refractivity contribution in [2.75, 3.05) is 12.0 Å². The Morgan fingerprint density at radius 3 is 2.83 bits per heavy atom. The number of ether oxygens (including phenoxy) is 1. The first kappa shape index (κ1) is 17.6. The number of anilines is 1. The maximum absolute atomic E-state index is 13.8. The molecule has 3 heterocycles. The van der Waals surface area contributed by atoms with Gasteiger partial charge in [-0.1, -0.05) is 12.1 Å². The molecule has 0 fully saturated rings. The maximum atomic E-state index is 13.8. The van der Waals surface area contributed by atoms with E-state index in [4.69, 9.17) is 9.15 Å². The van der Waals surface area contributed by atoms with Crippen LogP contribution in [0.2, 0.25) is 0 Å². The van der Waals surface area contributed by atoms with E-state index in [0.29, 0.717) is 16.4 Å². The summed E-state index contributed by atoms with van der Waals surface area (Å²) in [6.45, 7) is 0. The van der Waals surface area contributed by atoms with Crippen LogP contribution in [0.25, 0.3) is 11.0 Å². The number of halogens is 1. The Labute approximate surface area is 167 Å². The molecule has 1 aliphatic heterocycles. The van der Waals surface area contributed by atoms with Crippen LogP contribution in [-0.4, -0.2) is 18.0 Å². The summed E-state index contributed by atoms with van der Waals surface area (Å²) in [5.41, 5.74) is 0.543. The summed E-state index contributed by atoms with van der Waals surface area (Å²) < 4.78 is 24.9. The Morgan fingerprint density at radius 1 is 1.21 bits per heavy atom. The van der Waals surface area contributed by atoms with Crippen molar-refractivity contribution in [3.05, 3.63) is 87.0 Å². The van der Waals surface area contributed by atoms with Crippen molar-refractivity contribution in [1.29, 1.82) is 0 Å². The number of carbonyl (C=O) groups is 1. The number of fused-ring (bicyclic) bond motifs is 2. The Hall–Kier alpha value is -3.52. The number of methoxy groups -OCH3 is 1. The predicted molar refractivity (Wildman–Crippen MR) is 106 cm³/mol. The predicted octanol–water partition coefficient (Wildman–Crippen LogP) is 4.15. The van der Waals surface area contributed by atoms with E-state index in [1.54, 1.807) is 35.8 Å². The van der Waals surface area contributed by atoms with Gasteiger partial charge in [-0.3, -0.25) is 14.5 Å². The molecule has 4 aromatic rings. The second-order valence-corrected chi connectivity index (χ2v) is 7.36. The van der Waals surface area contributed by atoms with Gasteiger partial charge in [-0.05, 0) is 35.9 Å². The van der Waals surface area contributed by atoms with E-state index in [9.17, 15) is 14.0 Å². The Kier molecular flexibility index (Phi) is 3.95. The smallest absolute Gasteiger partial charge is 0.297 e. The van der Waals surface area contributed by atoms with E-state index in [1.807, 2.05) is 0 Å². The van der Waals surface area contributed by atoms with Gasteiger partial charge in [0.1, 0.15) is 17.1 Å². The van der Waals surface area contributed by atoms with Gasteiger partial charge in [0.25, 0.3) is 5.91 Å². The lowest BCUT2D eigenvalue weighted by molar-refractivity contribution is 0.0971. The third kappa shape index (κ3) is 2.64. The summed E-state index contributed by atoms with van der Waals surface area (Å²) in [5.74, 6) is -0.495. The zero-order valence-electron chi connectivity index (χ0n) is 15.1. The summed E-state index contributed by atoms with van der Waals surface area (Å²) in [6.07, 6.45) is 1.58. The SMILES string of the molecule is COc1cccc([C@H]2c3c(oc4ccc(F)cc4c3=O)C(=O)N2c2nccs2)c1. The molecule has 1 atom stereocenters. The number of benzene rings is 2. The van der Waals surface area contributed by atoms with E-state index < -0.39 is 23.2 Å². The van der Waals surface area contributed by atoms with Crippen molar-refractivity contribution in [1.82, 2.24) is 4.98 Å². The fraction of sp³-hybridized carbons (Fsp3) is 0.0952. The van der Waals surface area contributed by atoms with E-state index in [1.165, 1.54) is 35.5 Å². The Morgan fingerprint density at radius 2 is 2.07 bits per heavy atom. The minimum Gasteiger partial charge on any atom is -0.497 e. The van der Waals surface area contributed by atoms with Crippen LogP contribution >= 0.6 is 11.3 Å². The van der Waals surface area contributed by atoms with Crippen LogP contribution in [0.5, 0.6) is 5.75 Å². The van der Waals surface area contributed by atoms with E-state index in [2.05, 4.69) is 4.98 Å². The van der Waals surface area contributed by atoms with E-state index >= 15 is 0 Å². The van der Waals surface area contributed by atoms with Crippen molar-refractivity contribution in [2.24, 2.45) is 0 Å². The monoisotopic (exact) mass is 408 g/mol. The molecule has 2 aromatic heterocycles. The third-order valence-corrected chi connectivity index (χ3v) is 5.64. The molecule has 0 aliphatic carbocycles. The number of aromatic nitrogens is 1. The lowest BCUT2D eigenvalue weighted by Crippen LogP contribution is -2.29. The number of rotatable bonds is 3. The largest absolute Gasteiger partial charge is 0.497 e.